The molecule has 0 fully saturated rings. The molecule has 18 heavy (non-hydrogen) atoms. The maximum Gasteiger partial charge on any atom is 0.0936 e. The van der Waals surface area contributed by atoms with Crippen molar-refractivity contribution in [3.05, 3.63) is 15.6 Å². The topological polar surface area (TPSA) is 24.9 Å². The molecule has 3 heteroatoms. The number of rotatable bonds is 6. The Labute approximate surface area is 116 Å². The normalized spacial score (nSPS) is 12.4. The van der Waals surface area contributed by atoms with Gasteiger partial charge < -0.3 is 5.32 Å². The number of nitrogens with one attached hydrogen (secondary N) is 1. The molecule has 0 aliphatic rings. The van der Waals surface area contributed by atoms with E-state index in [1.165, 1.54) is 15.6 Å². The van der Waals surface area contributed by atoms with Gasteiger partial charge >= 0.3 is 0 Å². The lowest BCUT2D eigenvalue weighted by atomic mass is 9.93. The van der Waals surface area contributed by atoms with Crippen LogP contribution in [0.5, 0.6) is 0 Å². The minimum atomic E-state index is 0.322. The fraction of sp³-hybridized carbons (Fsp3) is 0.800. The fourth-order valence-electron chi connectivity index (χ4n) is 1.89. The third kappa shape index (κ3) is 5.49. The van der Waals surface area contributed by atoms with E-state index in [4.69, 9.17) is 4.98 Å². The zero-order chi connectivity index (χ0) is 13.8. The van der Waals surface area contributed by atoms with E-state index in [9.17, 15) is 0 Å². The van der Waals surface area contributed by atoms with Gasteiger partial charge in [-0.1, -0.05) is 41.5 Å². The first-order valence-electron chi connectivity index (χ1n) is 7.00. The summed E-state index contributed by atoms with van der Waals surface area (Å²) in [7, 11) is 0. The van der Waals surface area contributed by atoms with Crippen molar-refractivity contribution in [2.24, 2.45) is 11.3 Å². The second-order valence-electron chi connectivity index (χ2n) is 6.59. The van der Waals surface area contributed by atoms with Crippen molar-refractivity contribution >= 4 is 11.3 Å². The first kappa shape index (κ1) is 15.6. The molecule has 1 aromatic rings. The quantitative estimate of drug-likeness (QED) is 0.842. The summed E-state index contributed by atoms with van der Waals surface area (Å²) in [4.78, 5) is 6.30. The second kappa shape index (κ2) is 6.67. The van der Waals surface area contributed by atoms with Crippen LogP contribution in [0, 0.1) is 11.3 Å². The van der Waals surface area contributed by atoms with Crippen LogP contribution in [0.2, 0.25) is 0 Å². The van der Waals surface area contributed by atoms with E-state index in [0.29, 0.717) is 11.3 Å². The second-order valence-corrected chi connectivity index (χ2v) is 7.76. The third-order valence-electron chi connectivity index (χ3n) is 2.64. The summed E-state index contributed by atoms with van der Waals surface area (Å²) in [5.41, 5.74) is 1.64. The Balaban J connectivity index is 2.84. The number of thiazole rings is 1. The Kier molecular flexibility index (Phi) is 5.80. The molecule has 0 saturated carbocycles. The molecule has 0 amide bonds. The number of aromatic nitrogens is 1. The van der Waals surface area contributed by atoms with Crippen LogP contribution >= 0.6 is 11.3 Å². The predicted octanol–water partition coefficient (Wildman–Crippen LogP) is 4.04. The Morgan fingerprint density at radius 2 is 1.94 bits per heavy atom. The van der Waals surface area contributed by atoms with Gasteiger partial charge in [0.05, 0.1) is 10.7 Å². The third-order valence-corrected chi connectivity index (χ3v) is 3.74. The minimum Gasteiger partial charge on any atom is -0.312 e. The van der Waals surface area contributed by atoms with Crippen molar-refractivity contribution in [1.29, 1.82) is 0 Å². The Hall–Kier alpha value is -0.410. The van der Waals surface area contributed by atoms with Crippen molar-refractivity contribution in [1.82, 2.24) is 10.3 Å². The highest BCUT2D eigenvalue weighted by atomic mass is 32.1. The molecule has 2 nitrogen and oxygen atoms in total. The number of nitrogens with zero attached hydrogens (tertiary/aromatic N) is 1. The summed E-state index contributed by atoms with van der Waals surface area (Å²) in [5, 5.41) is 4.72. The predicted molar refractivity (Wildman–Crippen MR) is 81.2 cm³/mol. The van der Waals surface area contributed by atoms with Crippen LogP contribution in [0.4, 0.5) is 0 Å². The van der Waals surface area contributed by atoms with E-state index >= 15 is 0 Å². The Morgan fingerprint density at radius 3 is 2.44 bits per heavy atom. The van der Waals surface area contributed by atoms with Gasteiger partial charge in [-0.3, -0.25) is 0 Å². The molecule has 0 unspecified atom stereocenters. The molecule has 1 aromatic heterocycles. The van der Waals surface area contributed by atoms with Crippen molar-refractivity contribution in [3.63, 3.8) is 0 Å². The molecule has 0 saturated heterocycles. The monoisotopic (exact) mass is 268 g/mol. The molecule has 1 rings (SSSR count). The molecule has 104 valence electrons. The molecule has 0 aliphatic carbocycles. The van der Waals surface area contributed by atoms with Crippen LogP contribution in [-0.2, 0) is 19.4 Å². The van der Waals surface area contributed by atoms with Gasteiger partial charge in [0.15, 0.2) is 0 Å². The summed E-state index contributed by atoms with van der Waals surface area (Å²) in [6, 6.07) is 0. The lowest BCUT2D eigenvalue weighted by molar-refractivity contribution is 0.410. The van der Waals surface area contributed by atoms with E-state index in [2.05, 4.69) is 46.9 Å². The average Bonchev–Trinajstić information content (AvgIpc) is 2.53. The van der Waals surface area contributed by atoms with Crippen molar-refractivity contribution in [2.45, 2.75) is 60.9 Å². The zero-order valence-corrected chi connectivity index (χ0v) is 13.6. The summed E-state index contributed by atoms with van der Waals surface area (Å²) >= 11 is 1.89. The van der Waals surface area contributed by atoms with Crippen molar-refractivity contribution < 1.29 is 0 Å². The molecule has 0 radical (unpaired) electrons. The van der Waals surface area contributed by atoms with E-state index < -0.39 is 0 Å². The van der Waals surface area contributed by atoms with Gasteiger partial charge in [-0.05, 0) is 24.3 Å². The standard InChI is InChI=1S/C15H28N2S/c1-7-16-10-13-12(8-11(2)3)17-14(18-13)9-15(4,5)6/h11,16H,7-10H2,1-6H3. The summed E-state index contributed by atoms with van der Waals surface area (Å²) < 4.78 is 0. The van der Waals surface area contributed by atoms with Gasteiger partial charge in [0.25, 0.3) is 0 Å². The van der Waals surface area contributed by atoms with Crippen LogP contribution in [0.1, 0.15) is 57.1 Å². The van der Waals surface area contributed by atoms with E-state index in [1.54, 1.807) is 0 Å². The Morgan fingerprint density at radius 1 is 1.28 bits per heavy atom. The molecule has 0 atom stereocenters. The van der Waals surface area contributed by atoms with Crippen molar-refractivity contribution in [3.8, 4) is 0 Å². The van der Waals surface area contributed by atoms with Gasteiger partial charge in [0.2, 0.25) is 0 Å². The summed E-state index contributed by atoms with van der Waals surface area (Å²) in [6.07, 6.45) is 2.18. The average molecular weight is 268 g/mol. The molecule has 1 N–H and O–H groups in total. The van der Waals surface area contributed by atoms with E-state index in [-0.39, 0.29) is 0 Å². The molecule has 0 spiro atoms. The van der Waals surface area contributed by atoms with Crippen LogP contribution in [-0.4, -0.2) is 11.5 Å². The van der Waals surface area contributed by atoms with Gasteiger partial charge in [-0.25, -0.2) is 4.98 Å². The van der Waals surface area contributed by atoms with Gasteiger partial charge in [0, 0.05) is 17.8 Å². The highest BCUT2D eigenvalue weighted by Gasteiger charge is 2.17. The van der Waals surface area contributed by atoms with Crippen LogP contribution in [0.3, 0.4) is 0 Å². The van der Waals surface area contributed by atoms with Crippen LogP contribution in [0.15, 0.2) is 0 Å². The van der Waals surface area contributed by atoms with Gasteiger partial charge in [0.1, 0.15) is 0 Å². The fourth-order valence-corrected chi connectivity index (χ4v) is 3.26. The van der Waals surface area contributed by atoms with Gasteiger partial charge in [-0.15, -0.1) is 11.3 Å². The van der Waals surface area contributed by atoms with Crippen molar-refractivity contribution in [2.75, 3.05) is 6.54 Å². The molecular weight excluding hydrogens is 240 g/mol. The first-order chi connectivity index (χ1) is 8.31. The summed E-state index contributed by atoms with van der Waals surface area (Å²) in [6.45, 7) is 15.5. The first-order valence-corrected chi connectivity index (χ1v) is 7.81. The molecule has 0 aliphatic heterocycles. The van der Waals surface area contributed by atoms with Gasteiger partial charge in [-0.2, -0.15) is 0 Å². The van der Waals surface area contributed by atoms with Crippen LogP contribution < -0.4 is 5.32 Å². The maximum absolute atomic E-state index is 4.87. The lowest BCUT2D eigenvalue weighted by Crippen LogP contribution is -2.12. The summed E-state index contributed by atoms with van der Waals surface area (Å²) in [5.74, 6) is 0.676. The smallest absolute Gasteiger partial charge is 0.0936 e. The van der Waals surface area contributed by atoms with Crippen LogP contribution in [0.25, 0.3) is 0 Å². The molecular formula is C15H28N2S. The molecule has 0 bridgehead atoms. The highest BCUT2D eigenvalue weighted by Crippen LogP contribution is 2.27. The minimum absolute atomic E-state index is 0.322. The maximum atomic E-state index is 4.87. The number of hydrogen-bond acceptors (Lipinski definition) is 3. The zero-order valence-electron chi connectivity index (χ0n) is 12.8. The molecule has 1 heterocycles. The lowest BCUT2D eigenvalue weighted by Gasteiger charge is -2.15. The number of hydrogen-bond donors (Lipinski definition) is 1. The van der Waals surface area contributed by atoms with E-state index in [0.717, 1.165) is 25.9 Å². The molecule has 0 aromatic carbocycles. The SMILES string of the molecule is CCNCc1sc(CC(C)(C)C)nc1CC(C)C. The van der Waals surface area contributed by atoms with E-state index in [1.807, 2.05) is 11.3 Å². The Bertz CT molecular complexity index is 361. The largest absolute Gasteiger partial charge is 0.312 e. The highest BCUT2D eigenvalue weighted by molar-refractivity contribution is 7.11.